The molecule has 0 unspecified atom stereocenters. The number of ketones is 1. The zero-order chi connectivity index (χ0) is 14.4. The molecule has 2 nitrogen and oxygen atoms in total. The number of thiophene rings is 1. The fraction of sp³-hybridized carbons (Fsp3) is 0.133. The first kappa shape index (κ1) is 14.0. The second-order valence-corrected chi connectivity index (χ2v) is 8.49. The Morgan fingerprint density at radius 2 is 1.95 bits per heavy atom. The standard InChI is InChI=1S/C15H11Br2NOS/c1-8-3-4-9-11(7-18(2)12(9)5-8)14(19)10-6-13(16)20-15(10)17/h3-7H,1-2H3. The van der Waals surface area contributed by atoms with Gasteiger partial charge in [-0.3, -0.25) is 4.79 Å². The van der Waals surface area contributed by atoms with Crippen LogP contribution in [0.15, 0.2) is 38.0 Å². The first-order valence-corrected chi connectivity index (χ1v) is 8.43. The Hall–Kier alpha value is -0.910. The molecule has 2 heterocycles. The quantitative estimate of drug-likeness (QED) is 0.523. The SMILES string of the molecule is Cc1ccc2c(C(=O)c3cc(Br)sc3Br)cn(C)c2c1. The van der Waals surface area contributed by atoms with Crippen LogP contribution in [0.3, 0.4) is 0 Å². The van der Waals surface area contributed by atoms with Crippen LogP contribution in [0, 0.1) is 6.92 Å². The van der Waals surface area contributed by atoms with Gasteiger partial charge < -0.3 is 4.57 Å². The molecule has 0 bridgehead atoms. The van der Waals surface area contributed by atoms with E-state index in [9.17, 15) is 4.79 Å². The summed E-state index contributed by atoms with van der Waals surface area (Å²) in [5.74, 6) is 0.0493. The lowest BCUT2D eigenvalue weighted by atomic mass is 10.0. The summed E-state index contributed by atoms with van der Waals surface area (Å²) in [6, 6.07) is 8.03. The predicted molar refractivity (Wildman–Crippen MR) is 90.8 cm³/mol. The molecule has 20 heavy (non-hydrogen) atoms. The zero-order valence-electron chi connectivity index (χ0n) is 10.9. The van der Waals surface area contributed by atoms with Gasteiger partial charge >= 0.3 is 0 Å². The van der Waals surface area contributed by atoms with Gasteiger partial charge in [-0.15, -0.1) is 11.3 Å². The summed E-state index contributed by atoms with van der Waals surface area (Å²) in [6.45, 7) is 2.06. The number of benzene rings is 1. The number of hydrogen-bond acceptors (Lipinski definition) is 2. The van der Waals surface area contributed by atoms with E-state index in [-0.39, 0.29) is 5.78 Å². The molecular formula is C15H11Br2NOS. The summed E-state index contributed by atoms with van der Waals surface area (Å²) < 4.78 is 3.81. The summed E-state index contributed by atoms with van der Waals surface area (Å²) in [7, 11) is 1.97. The highest BCUT2D eigenvalue weighted by Crippen LogP contribution is 2.34. The molecule has 3 rings (SSSR count). The molecular weight excluding hydrogens is 402 g/mol. The van der Waals surface area contributed by atoms with Gasteiger partial charge in [-0.1, -0.05) is 12.1 Å². The molecule has 0 radical (unpaired) electrons. The third-order valence-electron chi connectivity index (χ3n) is 3.29. The van der Waals surface area contributed by atoms with Crippen LogP contribution in [0.4, 0.5) is 0 Å². The number of carbonyl (C=O) groups is 1. The van der Waals surface area contributed by atoms with Gasteiger partial charge in [-0.2, -0.15) is 0 Å². The van der Waals surface area contributed by atoms with Gasteiger partial charge in [-0.05, 0) is 56.5 Å². The average molecular weight is 413 g/mol. The normalized spacial score (nSPS) is 11.2. The minimum Gasteiger partial charge on any atom is -0.350 e. The molecule has 0 saturated heterocycles. The van der Waals surface area contributed by atoms with Crippen molar-refractivity contribution in [3.05, 3.63) is 54.7 Å². The average Bonchev–Trinajstić information content (AvgIpc) is 2.89. The number of halogens is 2. The molecule has 0 spiro atoms. The Bertz CT molecular complexity index is 832. The molecule has 5 heteroatoms. The van der Waals surface area contributed by atoms with Gasteiger partial charge in [0.2, 0.25) is 0 Å². The second kappa shape index (κ2) is 5.13. The van der Waals surface area contributed by atoms with E-state index in [1.165, 1.54) is 16.9 Å². The largest absolute Gasteiger partial charge is 0.350 e. The molecule has 0 fully saturated rings. The van der Waals surface area contributed by atoms with Crippen molar-refractivity contribution < 1.29 is 4.79 Å². The highest BCUT2D eigenvalue weighted by Gasteiger charge is 2.19. The van der Waals surface area contributed by atoms with Gasteiger partial charge in [0.25, 0.3) is 0 Å². The van der Waals surface area contributed by atoms with Crippen LogP contribution < -0.4 is 0 Å². The Balaban J connectivity index is 2.20. The second-order valence-electron chi connectivity index (χ2n) is 4.74. The summed E-state index contributed by atoms with van der Waals surface area (Å²) >= 11 is 8.39. The number of hydrogen-bond donors (Lipinski definition) is 0. The van der Waals surface area contributed by atoms with E-state index >= 15 is 0 Å². The van der Waals surface area contributed by atoms with Gasteiger partial charge in [-0.25, -0.2) is 0 Å². The fourth-order valence-corrected chi connectivity index (χ4v) is 5.11. The Morgan fingerprint density at radius 1 is 1.20 bits per heavy atom. The molecule has 3 aromatic rings. The minimum atomic E-state index is 0.0493. The molecule has 0 aliphatic rings. The van der Waals surface area contributed by atoms with Crippen molar-refractivity contribution in [1.29, 1.82) is 0 Å². The van der Waals surface area contributed by atoms with E-state index in [1.54, 1.807) is 0 Å². The summed E-state index contributed by atoms with van der Waals surface area (Å²) in [5, 5.41) is 0.998. The molecule has 0 aliphatic heterocycles. The van der Waals surface area contributed by atoms with Crippen molar-refractivity contribution in [3.8, 4) is 0 Å². The topological polar surface area (TPSA) is 22.0 Å². The van der Waals surface area contributed by atoms with Crippen LogP contribution in [-0.2, 0) is 7.05 Å². The van der Waals surface area contributed by atoms with Crippen molar-refractivity contribution in [2.24, 2.45) is 7.05 Å². The molecule has 0 saturated carbocycles. The summed E-state index contributed by atoms with van der Waals surface area (Å²) in [6.07, 6.45) is 1.91. The smallest absolute Gasteiger partial charge is 0.197 e. The van der Waals surface area contributed by atoms with Crippen molar-refractivity contribution in [3.63, 3.8) is 0 Å². The fourth-order valence-electron chi connectivity index (χ4n) is 2.32. The molecule has 0 atom stereocenters. The van der Waals surface area contributed by atoms with Crippen molar-refractivity contribution >= 4 is 59.9 Å². The van der Waals surface area contributed by atoms with Crippen molar-refractivity contribution in [2.75, 3.05) is 0 Å². The lowest BCUT2D eigenvalue weighted by Crippen LogP contribution is -1.99. The minimum absolute atomic E-state index is 0.0493. The lowest BCUT2D eigenvalue weighted by molar-refractivity contribution is 0.104. The van der Waals surface area contributed by atoms with Crippen LogP contribution in [0.5, 0.6) is 0 Å². The maximum atomic E-state index is 12.7. The van der Waals surface area contributed by atoms with E-state index in [0.29, 0.717) is 5.56 Å². The number of nitrogens with zero attached hydrogens (tertiary/aromatic N) is 1. The maximum absolute atomic E-state index is 12.7. The number of rotatable bonds is 2. The maximum Gasteiger partial charge on any atom is 0.197 e. The molecule has 1 aromatic carbocycles. The van der Waals surface area contributed by atoms with Crippen molar-refractivity contribution in [1.82, 2.24) is 4.57 Å². The third-order valence-corrected chi connectivity index (χ3v) is 5.63. The van der Waals surface area contributed by atoms with Crippen LogP contribution in [0.25, 0.3) is 10.9 Å². The van der Waals surface area contributed by atoms with Crippen LogP contribution >= 0.6 is 43.2 Å². The van der Waals surface area contributed by atoms with E-state index in [0.717, 1.165) is 24.0 Å². The molecule has 102 valence electrons. The molecule has 2 aromatic heterocycles. The van der Waals surface area contributed by atoms with Crippen LogP contribution in [0.2, 0.25) is 0 Å². The third kappa shape index (κ3) is 2.28. The first-order valence-electron chi connectivity index (χ1n) is 6.02. The van der Waals surface area contributed by atoms with Gasteiger partial charge in [0.1, 0.15) is 0 Å². The van der Waals surface area contributed by atoms with E-state index < -0.39 is 0 Å². The van der Waals surface area contributed by atoms with Crippen LogP contribution in [0.1, 0.15) is 21.5 Å². The Kier molecular flexibility index (Phi) is 3.60. The van der Waals surface area contributed by atoms with Crippen LogP contribution in [-0.4, -0.2) is 10.4 Å². The van der Waals surface area contributed by atoms with Crippen molar-refractivity contribution in [2.45, 2.75) is 6.92 Å². The molecule has 0 amide bonds. The summed E-state index contributed by atoms with van der Waals surface area (Å²) in [5.41, 5.74) is 3.72. The monoisotopic (exact) mass is 411 g/mol. The zero-order valence-corrected chi connectivity index (χ0v) is 14.9. The molecule has 0 N–H and O–H groups in total. The van der Waals surface area contributed by atoms with Gasteiger partial charge in [0, 0.05) is 35.3 Å². The molecule has 0 aliphatic carbocycles. The lowest BCUT2D eigenvalue weighted by Gasteiger charge is -1.99. The first-order chi connectivity index (χ1) is 9.47. The number of carbonyl (C=O) groups excluding carboxylic acids is 1. The highest BCUT2D eigenvalue weighted by atomic mass is 79.9. The van der Waals surface area contributed by atoms with E-state index in [4.69, 9.17) is 0 Å². The number of aromatic nitrogens is 1. The van der Waals surface area contributed by atoms with Gasteiger partial charge in [0.05, 0.1) is 7.57 Å². The number of aryl methyl sites for hydroxylation is 2. The summed E-state index contributed by atoms with van der Waals surface area (Å²) in [4.78, 5) is 12.7. The van der Waals surface area contributed by atoms with Gasteiger partial charge in [0.15, 0.2) is 5.78 Å². The van der Waals surface area contributed by atoms with E-state index in [1.807, 2.05) is 36.0 Å². The number of fused-ring (bicyclic) bond motifs is 1. The Labute approximate surface area is 137 Å². The van der Waals surface area contributed by atoms with E-state index in [2.05, 4.69) is 44.8 Å². The Morgan fingerprint density at radius 3 is 2.60 bits per heavy atom. The highest BCUT2D eigenvalue weighted by molar-refractivity contribution is 9.12. The predicted octanol–water partition coefficient (Wildman–Crippen LogP) is 5.30.